The smallest absolute Gasteiger partial charge is 0.267 e. The van der Waals surface area contributed by atoms with Gasteiger partial charge in [0.15, 0.2) is 6.10 Å². The first-order valence-electron chi connectivity index (χ1n) is 5.61. The lowest BCUT2D eigenvalue weighted by Crippen LogP contribution is -2.46. The zero-order chi connectivity index (χ0) is 13.8. The zero-order valence-electron chi connectivity index (χ0n) is 10.1. The number of carbonyl (C=O) groups is 2. The fourth-order valence-corrected chi connectivity index (χ4v) is 2.49. The summed E-state index contributed by atoms with van der Waals surface area (Å²) >= 11 is 0. The molecule has 1 atom stereocenters. The van der Waals surface area contributed by atoms with Crippen LogP contribution in [0.4, 0.5) is 0 Å². The molecule has 19 heavy (non-hydrogen) atoms. The summed E-state index contributed by atoms with van der Waals surface area (Å²) in [6.45, 7) is 0. The van der Waals surface area contributed by atoms with Crippen LogP contribution in [-0.4, -0.2) is 25.0 Å². The largest absolute Gasteiger partial charge is 0.496 e. The number of ether oxygens (including phenoxy) is 2. The minimum Gasteiger partial charge on any atom is -0.496 e. The van der Waals surface area contributed by atoms with Crippen LogP contribution in [0, 0.1) is 0 Å². The van der Waals surface area contributed by atoms with Crippen LogP contribution >= 0.6 is 21.7 Å². The van der Waals surface area contributed by atoms with Gasteiger partial charge in [-0.3, -0.25) is 14.9 Å². The van der Waals surface area contributed by atoms with Gasteiger partial charge in [-0.2, -0.15) is 0 Å². The molecule has 5 nitrogen and oxygen atoms in total. The Morgan fingerprint density at radius 1 is 1.42 bits per heavy atom. The number of nitrogens with one attached hydrogen (secondary N) is 1. The van der Waals surface area contributed by atoms with Crippen molar-refractivity contribution in [3.63, 3.8) is 0 Å². The fourth-order valence-electron chi connectivity index (χ4n) is 1.74. The van der Waals surface area contributed by atoms with Crippen molar-refractivity contribution in [1.82, 2.24) is 5.32 Å². The molecular weight excluding hydrogens is 290 g/mol. The maximum absolute atomic E-state index is 11.6. The van der Waals surface area contributed by atoms with Gasteiger partial charge in [-0.15, -0.1) is 0 Å². The number of carbonyl (C=O) groups excluding carboxylic acids is 2. The summed E-state index contributed by atoms with van der Waals surface area (Å²) in [5.74, 6) is 0.470. The number of benzene rings is 1. The average molecular weight is 302 g/mol. The normalized spacial score (nSPS) is 18.9. The molecule has 102 valence electrons. The van der Waals surface area contributed by atoms with Crippen molar-refractivity contribution in [2.45, 2.75) is 23.8 Å². The summed E-state index contributed by atoms with van der Waals surface area (Å²) in [4.78, 5) is 23.3. The molecule has 0 radical (unpaired) electrons. The van der Waals surface area contributed by atoms with Crippen LogP contribution in [0.15, 0.2) is 23.1 Å². The van der Waals surface area contributed by atoms with Gasteiger partial charge >= 0.3 is 0 Å². The van der Waals surface area contributed by atoms with Crippen molar-refractivity contribution in [2.75, 3.05) is 7.11 Å². The summed E-state index contributed by atoms with van der Waals surface area (Å²) in [7, 11) is 8.29. The molecule has 0 bridgehead atoms. The van der Waals surface area contributed by atoms with Gasteiger partial charge in [-0.1, -0.05) is 0 Å². The Bertz CT molecular complexity index is 509. The Hall–Kier alpha value is -1.40. The molecule has 1 unspecified atom stereocenters. The zero-order valence-corrected chi connectivity index (χ0v) is 11.7. The van der Waals surface area contributed by atoms with E-state index in [1.807, 2.05) is 0 Å². The van der Waals surface area contributed by atoms with Crippen LogP contribution in [0.25, 0.3) is 0 Å². The molecule has 0 aromatic heterocycles. The third-order valence-electron chi connectivity index (χ3n) is 2.69. The number of imide groups is 1. The number of methoxy groups -OCH3 is 1. The number of amides is 2. The van der Waals surface area contributed by atoms with Crippen LogP contribution in [0.2, 0.25) is 0 Å². The highest BCUT2D eigenvalue weighted by molar-refractivity contribution is 8.21. The maximum atomic E-state index is 11.6. The maximum Gasteiger partial charge on any atom is 0.267 e. The lowest BCUT2D eigenvalue weighted by molar-refractivity contribution is -0.138. The number of hydrogen-bond acceptors (Lipinski definition) is 5. The summed E-state index contributed by atoms with van der Waals surface area (Å²) in [5, 5.41) is 2.24. The molecular formula is C12H12ClNO4S. The van der Waals surface area contributed by atoms with Crippen LogP contribution in [0.5, 0.6) is 11.5 Å². The predicted octanol–water partition coefficient (Wildman–Crippen LogP) is 2.13. The second-order valence-electron chi connectivity index (χ2n) is 3.95. The molecule has 0 spiro atoms. The van der Waals surface area contributed by atoms with E-state index in [1.54, 1.807) is 25.3 Å². The highest BCUT2D eigenvalue weighted by Gasteiger charge is 2.28. The summed E-state index contributed by atoms with van der Waals surface area (Å²) < 4.78 is 10.7. The molecule has 1 aliphatic heterocycles. The van der Waals surface area contributed by atoms with Crippen molar-refractivity contribution >= 4 is 33.5 Å². The van der Waals surface area contributed by atoms with Crippen molar-refractivity contribution in [3.05, 3.63) is 18.2 Å². The summed E-state index contributed by atoms with van der Waals surface area (Å²) in [6, 6.07) is 5.10. The van der Waals surface area contributed by atoms with Gasteiger partial charge in [0.1, 0.15) is 11.5 Å². The highest BCUT2D eigenvalue weighted by Crippen LogP contribution is 2.35. The SMILES string of the molecule is COc1ccc(OC2CCC(=O)NC2=O)cc1SCl. The van der Waals surface area contributed by atoms with Crippen molar-refractivity contribution < 1.29 is 19.1 Å². The number of piperidine rings is 1. The lowest BCUT2D eigenvalue weighted by atomic mass is 10.1. The molecule has 1 aliphatic rings. The van der Waals surface area contributed by atoms with Gasteiger partial charge in [-0.25, -0.2) is 0 Å². The lowest BCUT2D eigenvalue weighted by Gasteiger charge is -2.22. The molecule has 0 aliphatic carbocycles. The Kier molecular flexibility index (Phi) is 4.55. The Balaban J connectivity index is 2.11. The quantitative estimate of drug-likeness (QED) is 0.863. The van der Waals surface area contributed by atoms with Gasteiger partial charge in [0.2, 0.25) is 5.91 Å². The minimum absolute atomic E-state index is 0.267. The van der Waals surface area contributed by atoms with Gasteiger partial charge in [0.05, 0.1) is 12.0 Å². The average Bonchev–Trinajstić information content (AvgIpc) is 2.41. The van der Waals surface area contributed by atoms with E-state index >= 15 is 0 Å². The van der Waals surface area contributed by atoms with E-state index in [2.05, 4.69) is 5.32 Å². The van der Waals surface area contributed by atoms with Gasteiger partial charge in [0, 0.05) is 12.8 Å². The molecule has 7 heteroatoms. The molecule has 1 saturated heterocycles. The van der Waals surface area contributed by atoms with Crippen LogP contribution < -0.4 is 14.8 Å². The first-order chi connectivity index (χ1) is 9.13. The van der Waals surface area contributed by atoms with Crippen LogP contribution in [0.1, 0.15) is 12.8 Å². The third-order valence-corrected chi connectivity index (χ3v) is 3.67. The summed E-state index contributed by atoms with van der Waals surface area (Å²) in [5.41, 5.74) is 0. The van der Waals surface area contributed by atoms with E-state index in [0.717, 1.165) is 11.0 Å². The predicted molar refractivity (Wildman–Crippen MR) is 71.5 cm³/mol. The summed E-state index contributed by atoms with van der Waals surface area (Å²) in [6.07, 6.45) is 0.00302. The molecule has 1 aromatic rings. The molecule has 1 N–H and O–H groups in total. The molecule has 1 heterocycles. The molecule has 0 saturated carbocycles. The highest BCUT2D eigenvalue weighted by atomic mass is 35.7. The first-order valence-corrected chi connectivity index (χ1v) is 7.25. The monoisotopic (exact) mass is 301 g/mol. The van der Waals surface area contributed by atoms with E-state index < -0.39 is 12.0 Å². The van der Waals surface area contributed by atoms with E-state index in [9.17, 15) is 9.59 Å². The van der Waals surface area contributed by atoms with Gasteiger partial charge < -0.3 is 9.47 Å². The molecule has 1 fully saturated rings. The van der Waals surface area contributed by atoms with E-state index in [4.69, 9.17) is 20.2 Å². The van der Waals surface area contributed by atoms with E-state index in [1.165, 1.54) is 0 Å². The second-order valence-corrected chi connectivity index (χ2v) is 5.00. The first kappa shape index (κ1) is 14.0. The molecule has 2 rings (SSSR count). The standard InChI is InChI=1S/C12H12ClNO4S/c1-17-8-3-2-7(6-10(8)19-13)18-9-4-5-11(15)14-12(9)16/h2-3,6,9H,4-5H2,1H3,(H,14,15,16). The Labute approximate surface area is 119 Å². The Morgan fingerprint density at radius 2 is 2.21 bits per heavy atom. The van der Waals surface area contributed by atoms with Crippen LogP contribution in [0.3, 0.4) is 0 Å². The second kappa shape index (κ2) is 6.16. The van der Waals surface area contributed by atoms with Crippen molar-refractivity contribution in [1.29, 1.82) is 0 Å². The van der Waals surface area contributed by atoms with Crippen molar-refractivity contribution in [2.24, 2.45) is 0 Å². The van der Waals surface area contributed by atoms with Crippen molar-refractivity contribution in [3.8, 4) is 11.5 Å². The van der Waals surface area contributed by atoms with Gasteiger partial charge in [0.25, 0.3) is 5.91 Å². The molecule has 2 amide bonds. The Morgan fingerprint density at radius 3 is 2.84 bits per heavy atom. The van der Waals surface area contributed by atoms with Crippen LogP contribution in [-0.2, 0) is 9.59 Å². The number of halogens is 1. The topological polar surface area (TPSA) is 64.6 Å². The number of hydrogen-bond donors (Lipinski definition) is 1. The molecule has 1 aromatic carbocycles. The van der Waals surface area contributed by atoms with E-state index in [0.29, 0.717) is 22.8 Å². The number of rotatable bonds is 4. The minimum atomic E-state index is -0.653. The van der Waals surface area contributed by atoms with E-state index in [-0.39, 0.29) is 12.3 Å². The fraction of sp³-hybridized carbons (Fsp3) is 0.333. The van der Waals surface area contributed by atoms with Gasteiger partial charge in [-0.05, 0) is 39.9 Å². The third kappa shape index (κ3) is 3.33.